The van der Waals surface area contributed by atoms with Gasteiger partial charge in [-0.05, 0) is 23.8 Å². The fourth-order valence-corrected chi connectivity index (χ4v) is 2.63. The van der Waals surface area contributed by atoms with Crippen molar-refractivity contribution in [2.24, 2.45) is 0 Å². The first kappa shape index (κ1) is 15.4. The summed E-state index contributed by atoms with van der Waals surface area (Å²) in [5, 5.41) is 0.750. The number of halogens is 2. The average Bonchev–Trinajstić information content (AvgIpc) is 2.54. The summed E-state index contributed by atoms with van der Waals surface area (Å²) in [6, 6.07) is 15.5. The molecule has 0 aliphatic heterocycles. The SMILES string of the molecule is CN(Cc1ccccc1)C(=O)c1cc2ccc(F)cc2nc1Cl. The molecule has 3 aromatic rings. The molecule has 0 unspecified atom stereocenters. The second kappa shape index (κ2) is 6.34. The Kier molecular flexibility index (Phi) is 4.26. The van der Waals surface area contributed by atoms with Crippen molar-refractivity contribution in [1.29, 1.82) is 0 Å². The van der Waals surface area contributed by atoms with Crippen LogP contribution in [0.2, 0.25) is 5.15 Å². The van der Waals surface area contributed by atoms with Crippen molar-refractivity contribution >= 4 is 28.4 Å². The third-order valence-corrected chi connectivity index (χ3v) is 3.86. The second-order valence-corrected chi connectivity index (χ2v) is 5.67. The van der Waals surface area contributed by atoms with E-state index in [4.69, 9.17) is 11.6 Å². The van der Waals surface area contributed by atoms with Gasteiger partial charge in [0.25, 0.3) is 5.91 Å². The van der Waals surface area contributed by atoms with E-state index in [0.717, 1.165) is 5.56 Å². The van der Waals surface area contributed by atoms with Gasteiger partial charge in [-0.2, -0.15) is 0 Å². The van der Waals surface area contributed by atoms with E-state index in [9.17, 15) is 9.18 Å². The molecular formula is C18H14ClFN2O. The molecule has 0 saturated carbocycles. The molecular weight excluding hydrogens is 315 g/mol. The van der Waals surface area contributed by atoms with Gasteiger partial charge in [0.15, 0.2) is 0 Å². The van der Waals surface area contributed by atoms with Crippen LogP contribution in [0.1, 0.15) is 15.9 Å². The zero-order valence-corrected chi connectivity index (χ0v) is 13.2. The highest BCUT2D eigenvalue weighted by Crippen LogP contribution is 2.23. The normalized spacial score (nSPS) is 10.7. The van der Waals surface area contributed by atoms with E-state index < -0.39 is 0 Å². The zero-order chi connectivity index (χ0) is 16.4. The van der Waals surface area contributed by atoms with Crippen molar-refractivity contribution < 1.29 is 9.18 Å². The molecule has 2 aromatic carbocycles. The standard InChI is InChI=1S/C18H14ClFN2O/c1-22(11-12-5-3-2-4-6-12)18(23)15-9-13-7-8-14(20)10-16(13)21-17(15)19/h2-10H,11H2,1H3. The first-order valence-corrected chi connectivity index (χ1v) is 7.47. The van der Waals surface area contributed by atoms with Crippen LogP contribution in [-0.2, 0) is 6.54 Å². The van der Waals surface area contributed by atoms with Crippen molar-refractivity contribution in [1.82, 2.24) is 9.88 Å². The molecule has 1 heterocycles. The number of nitrogens with zero attached hydrogens (tertiary/aromatic N) is 2. The first-order chi connectivity index (χ1) is 11.0. The average molecular weight is 329 g/mol. The summed E-state index contributed by atoms with van der Waals surface area (Å²) in [6.07, 6.45) is 0. The third kappa shape index (κ3) is 3.32. The van der Waals surface area contributed by atoms with Gasteiger partial charge in [-0.3, -0.25) is 4.79 Å². The predicted molar refractivity (Wildman–Crippen MR) is 89.0 cm³/mol. The van der Waals surface area contributed by atoms with Crippen molar-refractivity contribution in [2.75, 3.05) is 7.05 Å². The fourth-order valence-electron chi connectivity index (χ4n) is 2.40. The van der Waals surface area contributed by atoms with Crippen molar-refractivity contribution in [3.8, 4) is 0 Å². The lowest BCUT2D eigenvalue weighted by Gasteiger charge is -2.18. The van der Waals surface area contributed by atoms with E-state index in [0.29, 0.717) is 23.0 Å². The highest BCUT2D eigenvalue weighted by molar-refractivity contribution is 6.33. The molecule has 1 amide bonds. The summed E-state index contributed by atoms with van der Waals surface area (Å²) in [7, 11) is 1.71. The minimum absolute atomic E-state index is 0.0769. The van der Waals surface area contributed by atoms with Crippen molar-refractivity contribution in [3.05, 3.63) is 76.7 Å². The molecule has 23 heavy (non-hydrogen) atoms. The lowest BCUT2D eigenvalue weighted by molar-refractivity contribution is 0.0785. The quantitative estimate of drug-likeness (QED) is 0.672. The maximum atomic E-state index is 13.2. The Morgan fingerprint density at radius 2 is 1.91 bits per heavy atom. The summed E-state index contributed by atoms with van der Waals surface area (Å²) in [5.41, 5.74) is 1.76. The third-order valence-electron chi connectivity index (χ3n) is 3.57. The largest absolute Gasteiger partial charge is 0.337 e. The van der Waals surface area contributed by atoms with Gasteiger partial charge in [0.1, 0.15) is 11.0 Å². The van der Waals surface area contributed by atoms with Crippen LogP contribution in [0, 0.1) is 5.82 Å². The highest BCUT2D eigenvalue weighted by atomic mass is 35.5. The maximum absolute atomic E-state index is 13.2. The molecule has 0 radical (unpaired) electrons. The number of fused-ring (bicyclic) bond motifs is 1. The Hall–Kier alpha value is -2.46. The topological polar surface area (TPSA) is 33.2 Å². The van der Waals surface area contributed by atoms with Crippen LogP contribution in [-0.4, -0.2) is 22.8 Å². The number of hydrogen-bond acceptors (Lipinski definition) is 2. The molecule has 0 spiro atoms. The van der Waals surface area contributed by atoms with Crippen LogP contribution in [0.4, 0.5) is 4.39 Å². The van der Waals surface area contributed by atoms with Gasteiger partial charge >= 0.3 is 0 Å². The van der Waals surface area contributed by atoms with E-state index in [1.807, 2.05) is 30.3 Å². The highest BCUT2D eigenvalue weighted by Gasteiger charge is 2.17. The summed E-state index contributed by atoms with van der Waals surface area (Å²) < 4.78 is 13.2. The Morgan fingerprint density at radius 1 is 1.17 bits per heavy atom. The zero-order valence-electron chi connectivity index (χ0n) is 12.5. The van der Waals surface area contributed by atoms with Gasteiger partial charge in [-0.1, -0.05) is 41.9 Å². The molecule has 0 aliphatic rings. The van der Waals surface area contributed by atoms with Crippen molar-refractivity contribution in [2.45, 2.75) is 6.54 Å². The molecule has 5 heteroatoms. The molecule has 0 N–H and O–H groups in total. The number of aromatic nitrogens is 1. The van der Waals surface area contributed by atoms with Crippen LogP contribution >= 0.6 is 11.6 Å². The van der Waals surface area contributed by atoms with Crippen molar-refractivity contribution in [3.63, 3.8) is 0 Å². The summed E-state index contributed by atoms with van der Waals surface area (Å²) in [5.74, 6) is -0.612. The Balaban J connectivity index is 1.91. The van der Waals surface area contributed by atoms with Gasteiger partial charge in [0, 0.05) is 25.0 Å². The summed E-state index contributed by atoms with van der Waals surface area (Å²) in [4.78, 5) is 18.3. The number of benzene rings is 2. The van der Waals surface area contributed by atoms with E-state index in [1.54, 1.807) is 24.1 Å². The predicted octanol–water partition coefficient (Wildman–Crippen LogP) is 4.30. The smallest absolute Gasteiger partial charge is 0.257 e. The molecule has 0 bridgehead atoms. The number of rotatable bonds is 3. The molecule has 0 atom stereocenters. The van der Waals surface area contributed by atoms with E-state index in [2.05, 4.69) is 4.98 Å². The second-order valence-electron chi connectivity index (χ2n) is 5.31. The van der Waals surface area contributed by atoms with Gasteiger partial charge in [-0.15, -0.1) is 0 Å². The van der Waals surface area contributed by atoms with E-state index in [-0.39, 0.29) is 16.9 Å². The van der Waals surface area contributed by atoms with Gasteiger partial charge < -0.3 is 4.90 Å². The van der Waals surface area contributed by atoms with Crippen LogP contribution < -0.4 is 0 Å². The monoisotopic (exact) mass is 328 g/mol. The fraction of sp³-hybridized carbons (Fsp3) is 0.111. The molecule has 0 aliphatic carbocycles. The lowest BCUT2D eigenvalue weighted by atomic mass is 10.1. The van der Waals surface area contributed by atoms with E-state index >= 15 is 0 Å². The first-order valence-electron chi connectivity index (χ1n) is 7.10. The number of carbonyl (C=O) groups excluding carboxylic acids is 1. The maximum Gasteiger partial charge on any atom is 0.257 e. The van der Waals surface area contributed by atoms with Crippen LogP contribution in [0.25, 0.3) is 10.9 Å². The molecule has 0 saturated heterocycles. The number of hydrogen-bond donors (Lipinski definition) is 0. The lowest BCUT2D eigenvalue weighted by Crippen LogP contribution is -2.26. The van der Waals surface area contributed by atoms with Crippen LogP contribution in [0.15, 0.2) is 54.6 Å². The molecule has 1 aromatic heterocycles. The van der Waals surface area contributed by atoms with Gasteiger partial charge in [-0.25, -0.2) is 9.37 Å². The Labute approximate surface area is 138 Å². The van der Waals surface area contributed by atoms with E-state index in [1.165, 1.54) is 12.1 Å². The minimum Gasteiger partial charge on any atom is -0.337 e. The Bertz CT molecular complexity index is 868. The number of amides is 1. The summed E-state index contributed by atoms with van der Waals surface area (Å²) in [6.45, 7) is 0.470. The van der Waals surface area contributed by atoms with Gasteiger partial charge in [0.2, 0.25) is 0 Å². The number of carbonyl (C=O) groups is 1. The molecule has 116 valence electrons. The molecule has 0 fully saturated rings. The number of pyridine rings is 1. The Morgan fingerprint density at radius 3 is 2.65 bits per heavy atom. The minimum atomic E-state index is -0.388. The van der Waals surface area contributed by atoms with Crippen LogP contribution in [0.5, 0.6) is 0 Å². The molecule has 3 rings (SSSR count). The summed E-state index contributed by atoms with van der Waals surface area (Å²) >= 11 is 6.12. The molecule has 3 nitrogen and oxygen atoms in total. The van der Waals surface area contributed by atoms with Crippen LogP contribution in [0.3, 0.4) is 0 Å². The van der Waals surface area contributed by atoms with Gasteiger partial charge in [0.05, 0.1) is 11.1 Å².